The topological polar surface area (TPSA) is 45.6 Å². The van der Waals surface area contributed by atoms with Crippen LogP contribution in [0, 0.1) is 19.8 Å². The Morgan fingerprint density at radius 2 is 1.77 bits per heavy atom. The number of aromatic nitrogens is 1. The monoisotopic (exact) mass is 473 g/mol. The van der Waals surface area contributed by atoms with Crippen molar-refractivity contribution in [3.05, 3.63) is 41.1 Å². The van der Waals surface area contributed by atoms with Crippen LogP contribution in [0.2, 0.25) is 0 Å². The highest BCUT2D eigenvalue weighted by Crippen LogP contribution is 2.52. The van der Waals surface area contributed by atoms with Crippen LogP contribution in [-0.4, -0.2) is 23.1 Å². The molecule has 1 aromatic heterocycles. The molecule has 1 saturated carbocycles. The fourth-order valence-electron chi connectivity index (χ4n) is 6.32. The molecule has 2 heterocycles. The smallest absolute Gasteiger partial charge is 0.237 e. The maximum absolute atomic E-state index is 14.2. The van der Waals surface area contributed by atoms with Gasteiger partial charge in [0.2, 0.25) is 5.91 Å². The average Bonchev–Trinajstić information content (AvgIpc) is 3.04. The summed E-state index contributed by atoms with van der Waals surface area (Å²) in [5.41, 5.74) is 7.12. The number of carbonyl (C=O) groups excluding carboxylic acids is 1. The molecule has 35 heavy (non-hydrogen) atoms. The van der Waals surface area contributed by atoms with Crippen molar-refractivity contribution in [3.8, 4) is 11.3 Å². The lowest BCUT2D eigenvalue weighted by Gasteiger charge is -2.42. The zero-order chi connectivity index (χ0) is 25.2. The Balaban J connectivity index is 1.80. The number of amides is 1. The number of aryl methyl sites for hydroxylation is 1. The van der Waals surface area contributed by atoms with Crippen LogP contribution < -0.4 is 4.90 Å². The first-order valence-corrected chi connectivity index (χ1v) is 13.9. The maximum Gasteiger partial charge on any atom is 0.237 e. The molecule has 1 amide bonds. The van der Waals surface area contributed by atoms with Crippen molar-refractivity contribution in [2.24, 2.45) is 10.9 Å². The van der Waals surface area contributed by atoms with Gasteiger partial charge in [0.1, 0.15) is 0 Å². The van der Waals surface area contributed by atoms with Gasteiger partial charge in [0, 0.05) is 29.2 Å². The molecule has 188 valence electrons. The summed E-state index contributed by atoms with van der Waals surface area (Å²) in [6.45, 7) is 12.9. The molecular formula is C31H43N3O. The van der Waals surface area contributed by atoms with Crippen LogP contribution in [0.15, 0.2) is 29.3 Å². The van der Waals surface area contributed by atoms with Gasteiger partial charge in [0.15, 0.2) is 0 Å². The second-order valence-corrected chi connectivity index (χ2v) is 10.7. The summed E-state index contributed by atoms with van der Waals surface area (Å²) in [4.78, 5) is 26.0. The normalized spacial score (nSPS) is 21.0. The molecule has 0 radical (unpaired) electrons. The standard InChI is InChI=1S/C31H43N3O/c1-7-11-23-17-25(18-23)34-29-19-24(28-20-27(32-16-10-4)21(5)22(6)33-28)12-13-26(29)31(14-8-2,15-9-3)30(34)35/h12-13,16,19-20,23,25H,7-11,14-15,17-18H2,1-6H3. The molecule has 0 bridgehead atoms. The van der Waals surface area contributed by atoms with Gasteiger partial charge in [-0.2, -0.15) is 0 Å². The number of fused-ring (bicyclic) bond motifs is 1. The molecule has 1 aromatic carbocycles. The summed E-state index contributed by atoms with van der Waals surface area (Å²) < 4.78 is 0. The van der Waals surface area contributed by atoms with Crippen molar-refractivity contribution < 1.29 is 4.79 Å². The number of pyridine rings is 1. The first-order valence-electron chi connectivity index (χ1n) is 13.9. The highest BCUT2D eigenvalue weighted by molar-refractivity contribution is 6.09. The molecule has 4 rings (SSSR count). The summed E-state index contributed by atoms with van der Waals surface area (Å²) in [6.07, 6.45) is 11.5. The van der Waals surface area contributed by atoms with Crippen LogP contribution in [0.4, 0.5) is 11.4 Å². The zero-order valence-corrected chi connectivity index (χ0v) is 22.7. The van der Waals surface area contributed by atoms with Crippen LogP contribution in [0.3, 0.4) is 0 Å². The largest absolute Gasteiger partial charge is 0.308 e. The van der Waals surface area contributed by atoms with E-state index in [-0.39, 0.29) is 5.41 Å². The quantitative estimate of drug-likeness (QED) is 0.326. The molecule has 0 unspecified atom stereocenters. The van der Waals surface area contributed by atoms with E-state index in [0.29, 0.717) is 11.9 Å². The Bertz CT molecular complexity index is 1090. The van der Waals surface area contributed by atoms with E-state index in [4.69, 9.17) is 4.98 Å². The summed E-state index contributed by atoms with van der Waals surface area (Å²) in [7, 11) is 0. The van der Waals surface area contributed by atoms with Gasteiger partial charge in [-0.15, -0.1) is 0 Å². The lowest BCUT2D eigenvalue weighted by molar-refractivity contribution is -0.124. The number of carbonyl (C=O) groups is 1. The predicted molar refractivity (Wildman–Crippen MR) is 148 cm³/mol. The molecule has 0 saturated heterocycles. The van der Waals surface area contributed by atoms with Gasteiger partial charge >= 0.3 is 0 Å². The van der Waals surface area contributed by atoms with E-state index in [2.05, 4.69) is 75.7 Å². The number of nitrogens with zero attached hydrogens (tertiary/aromatic N) is 3. The number of aliphatic imine (C=N–C) groups is 1. The van der Waals surface area contributed by atoms with E-state index in [0.717, 1.165) is 84.8 Å². The van der Waals surface area contributed by atoms with Crippen LogP contribution in [0.5, 0.6) is 0 Å². The van der Waals surface area contributed by atoms with E-state index >= 15 is 0 Å². The van der Waals surface area contributed by atoms with E-state index in [1.807, 2.05) is 6.21 Å². The van der Waals surface area contributed by atoms with Crippen molar-refractivity contribution in [3.63, 3.8) is 0 Å². The number of anilines is 1. The van der Waals surface area contributed by atoms with E-state index in [1.54, 1.807) is 0 Å². The molecule has 0 N–H and O–H groups in total. The van der Waals surface area contributed by atoms with Crippen molar-refractivity contribution in [2.45, 2.75) is 111 Å². The summed E-state index contributed by atoms with van der Waals surface area (Å²) >= 11 is 0. The zero-order valence-electron chi connectivity index (χ0n) is 22.7. The Morgan fingerprint density at radius 3 is 2.40 bits per heavy atom. The molecule has 4 heteroatoms. The minimum Gasteiger partial charge on any atom is -0.308 e. The number of rotatable bonds is 10. The maximum atomic E-state index is 14.2. The summed E-state index contributed by atoms with van der Waals surface area (Å²) in [5, 5.41) is 0. The summed E-state index contributed by atoms with van der Waals surface area (Å²) in [5.74, 6) is 1.10. The fraction of sp³-hybridized carbons (Fsp3) is 0.581. The van der Waals surface area contributed by atoms with E-state index < -0.39 is 0 Å². The van der Waals surface area contributed by atoms with Crippen LogP contribution in [0.25, 0.3) is 11.3 Å². The molecule has 1 fully saturated rings. The highest BCUT2D eigenvalue weighted by Gasteiger charge is 2.53. The first-order chi connectivity index (χ1) is 16.9. The van der Waals surface area contributed by atoms with E-state index in [1.165, 1.54) is 18.4 Å². The second-order valence-electron chi connectivity index (χ2n) is 10.7. The van der Waals surface area contributed by atoms with Gasteiger partial charge in [0.05, 0.1) is 16.8 Å². The van der Waals surface area contributed by atoms with Gasteiger partial charge in [-0.25, -0.2) is 0 Å². The molecule has 0 atom stereocenters. The SMILES string of the molecule is CCC=Nc1cc(-c2ccc3c(c2)N(C2CC(CCC)C2)C(=O)C3(CCC)CCC)nc(C)c1C. The van der Waals surface area contributed by atoms with Gasteiger partial charge < -0.3 is 4.90 Å². The van der Waals surface area contributed by atoms with E-state index in [9.17, 15) is 4.79 Å². The molecule has 2 aliphatic rings. The molecule has 2 aromatic rings. The summed E-state index contributed by atoms with van der Waals surface area (Å²) in [6, 6.07) is 9.10. The third-order valence-corrected chi connectivity index (χ3v) is 8.22. The van der Waals surface area contributed by atoms with Gasteiger partial charge in [0.25, 0.3) is 0 Å². The molecule has 0 spiro atoms. The fourth-order valence-corrected chi connectivity index (χ4v) is 6.32. The number of benzene rings is 1. The molecular weight excluding hydrogens is 430 g/mol. The van der Waals surface area contributed by atoms with Crippen molar-refractivity contribution in [2.75, 3.05) is 4.90 Å². The van der Waals surface area contributed by atoms with Gasteiger partial charge in [-0.05, 0) is 75.1 Å². The van der Waals surface area contributed by atoms with Crippen LogP contribution >= 0.6 is 0 Å². The molecule has 1 aliphatic heterocycles. The van der Waals surface area contributed by atoms with Gasteiger partial charge in [-0.1, -0.05) is 65.5 Å². The highest BCUT2D eigenvalue weighted by atomic mass is 16.2. The molecule has 1 aliphatic carbocycles. The number of hydrogen-bond donors (Lipinski definition) is 0. The Labute approximate surface area is 212 Å². The lowest BCUT2D eigenvalue weighted by Crippen LogP contribution is -2.50. The minimum absolute atomic E-state index is 0.334. The van der Waals surface area contributed by atoms with Crippen molar-refractivity contribution in [1.29, 1.82) is 0 Å². The van der Waals surface area contributed by atoms with Gasteiger partial charge in [-0.3, -0.25) is 14.8 Å². The Morgan fingerprint density at radius 1 is 1.06 bits per heavy atom. The second kappa shape index (κ2) is 10.6. The lowest BCUT2D eigenvalue weighted by atomic mass is 9.73. The minimum atomic E-state index is -0.375. The molecule has 4 nitrogen and oxygen atoms in total. The third-order valence-electron chi connectivity index (χ3n) is 8.22. The number of hydrogen-bond acceptors (Lipinski definition) is 3. The van der Waals surface area contributed by atoms with Crippen molar-refractivity contribution in [1.82, 2.24) is 4.98 Å². The van der Waals surface area contributed by atoms with Crippen LogP contribution in [-0.2, 0) is 10.2 Å². The predicted octanol–water partition coefficient (Wildman–Crippen LogP) is 8.24. The first kappa shape index (κ1) is 25.6. The van der Waals surface area contributed by atoms with Crippen molar-refractivity contribution >= 4 is 23.5 Å². The third kappa shape index (κ3) is 4.57. The Kier molecular flexibility index (Phi) is 7.78. The Hall–Kier alpha value is -2.49. The van der Waals surface area contributed by atoms with Crippen LogP contribution in [0.1, 0.15) is 102 Å². The average molecular weight is 474 g/mol.